The molecule has 0 spiro atoms. The third-order valence-corrected chi connectivity index (χ3v) is 4.12. The van der Waals surface area contributed by atoms with Crippen molar-refractivity contribution in [3.8, 4) is 11.4 Å². The zero-order valence-corrected chi connectivity index (χ0v) is 15.0. The highest BCUT2D eigenvalue weighted by Crippen LogP contribution is 2.33. The van der Waals surface area contributed by atoms with Gasteiger partial charge in [0.25, 0.3) is 5.91 Å². The number of ether oxygens (including phenoxy) is 1. The van der Waals surface area contributed by atoms with Gasteiger partial charge in [0, 0.05) is 6.54 Å². The van der Waals surface area contributed by atoms with Gasteiger partial charge in [-0.05, 0) is 36.2 Å². The number of benzene rings is 2. The Morgan fingerprint density at radius 2 is 1.89 bits per heavy atom. The summed E-state index contributed by atoms with van der Waals surface area (Å²) in [5, 5.41) is 6.31. The lowest BCUT2D eigenvalue weighted by molar-refractivity contribution is -0.143. The molecule has 0 aliphatic carbocycles. The minimum Gasteiger partial charge on any atom is -0.497 e. The standard InChI is InChI=1S/C20H18F3N3O2/c1-28-16-9-5-6-14(12-16)10-11-24-19(27)17-13-25-26(18(17)20(21,22)23)15-7-3-2-4-8-15/h2-9,12-13H,10-11H2,1H3,(H,24,27). The van der Waals surface area contributed by atoms with Crippen LogP contribution in [0.3, 0.4) is 0 Å². The number of halogens is 3. The molecule has 146 valence electrons. The molecule has 0 saturated heterocycles. The molecular formula is C20H18F3N3O2. The molecule has 1 heterocycles. The SMILES string of the molecule is COc1cccc(CCNC(=O)c2cnn(-c3ccccc3)c2C(F)(F)F)c1. The van der Waals surface area contributed by atoms with Crippen LogP contribution in [0.25, 0.3) is 5.69 Å². The monoisotopic (exact) mass is 389 g/mol. The van der Waals surface area contributed by atoms with E-state index in [0.717, 1.165) is 16.4 Å². The van der Waals surface area contributed by atoms with Crippen LogP contribution in [-0.2, 0) is 12.6 Å². The van der Waals surface area contributed by atoms with Gasteiger partial charge in [0.05, 0.1) is 24.6 Å². The smallest absolute Gasteiger partial charge is 0.434 e. The predicted molar refractivity (Wildman–Crippen MR) is 97.6 cm³/mol. The predicted octanol–water partition coefficient (Wildman–Crippen LogP) is 3.87. The first-order chi connectivity index (χ1) is 13.4. The molecule has 0 radical (unpaired) electrons. The molecule has 0 atom stereocenters. The van der Waals surface area contributed by atoms with Gasteiger partial charge in [-0.2, -0.15) is 18.3 Å². The van der Waals surface area contributed by atoms with E-state index in [1.54, 1.807) is 37.4 Å². The Hall–Kier alpha value is -3.29. The number of aromatic nitrogens is 2. The van der Waals surface area contributed by atoms with Crippen LogP contribution in [0.5, 0.6) is 5.75 Å². The fraction of sp³-hybridized carbons (Fsp3) is 0.200. The van der Waals surface area contributed by atoms with Crippen molar-refractivity contribution in [2.75, 3.05) is 13.7 Å². The van der Waals surface area contributed by atoms with Crippen LogP contribution in [-0.4, -0.2) is 29.3 Å². The molecular weight excluding hydrogens is 371 g/mol. The first kappa shape index (κ1) is 19.5. The van der Waals surface area contributed by atoms with Crippen molar-refractivity contribution in [2.24, 2.45) is 0 Å². The lowest BCUT2D eigenvalue weighted by Gasteiger charge is -2.13. The summed E-state index contributed by atoms with van der Waals surface area (Å²) in [6, 6.07) is 15.1. The van der Waals surface area contributed by atoms with Crippen LogP contribution in [0, 0.1) is 0 Å². The highest BCUT2D eigenvalue weighted by Gasteiger charge is 2.40. The van der Waals surface area contributed by atoms with E-state index in [1.165, 1.54) is 12.1 Å². The number of hydrogen-bond acceptors (Lipinski definition) is 3. The van der Waals surface area contributed by atoms with E-state index in [-0.39, 0.29) is 12.2 Å². The number of rotatable bonds is 6. The Kier molecular flexibility index (Phi) is 5.67. The van der Waals surface area contributed by atoms with Gasteiger partial charge >= 0.3 is 6.18 Å². The van der Waals surface area contributed by atoms with Crippen LogP contribution in [0.1, 0.15) is 21.6 Å². The Balaban J connectivity index is 1.77. The number of carbonyl (C=O) groups is 1. The molecule has 0 unspecified atom stereocenters. The van der Waals surface area contributed by atoms with Crippen molar-refractivity contribution >= 4 is 5.91 Å². The van der Waals surface area contributed by atoms with E-state index in [9.17, 15) is 18.0 Å². The Labute approximate surface area is 159 Å². The van der Waals surface area contributed by atoms with E-state index in [0.29, 0.717) is 12.2 Å². The first-order valence-corrected chi connectivity index (χ1v) is 8.52. The molecule has 8 heteroatoms. The topological polar surface area (TPSA) is 56.1 Å². The summed E-state index contributed by atoms with van der Waals surface area (Å²) in [6.45, 7) is 0.180. The quantitative estimate of drug-likeness (QED) is 0.696. The van der Waals surface area contributed by atoms with E-state index < -0.39 is 23.3 Å². The molecule has 0 aliphatic heterocycles. The second-order valence-electron chi connectivity index (χ2n) is 6.01. The third kappa shape index (κ3) is 4.33. The van der Waals surface area contributed by atoms with Crippen LogP contribution < -0.4 is 10.1 Å². The summed E-state index contributed by atoms with van der Waals surface area (Å²) in [5.41, 5.74) is -0.486. The van der Waals surface area contributed by atoms with Gasteiger partial charge in [-0.15, -0.1) is 0 Å². The number of methoxy groups -OCH3 is 1. The summed E-state index contributed by atoms with van der Waals surface area (Å²) in [4.78, 5) is 12.4. The van der Waals surface area contributed by atoms with Crippen molar-refractivity contribution in [3.63, 3.8) is 0 Å². The molecule has 0 fully saturated rings. The van der Waals surface area contributed by atoms with Gasteiger partial charge in [-0.3, -0.25) is 4.79 Å². The number of nitrogens with one attached hydrogen (secondary N) is 1. The van der Waals surface area contributed by atoms with Gasteiger partial charge in [0.2, 0.25) is 0 Å². The summed E-state index contributed by atoms with van der Waals surface area (Å²) < 4.78 is 46.7. The largest absolute Gasteiger partial charge is 0.497 e. The van der Waals surface area contributed by atoms with Crippen molar-refractivity contribution in [1.82, 2.24) is 15.1 Å². The zero-order valence-electron chi connectivity index (χ0n) is 15.0. The molecule has 0 aliphatic rings. The average molecular weight is 389 g/mol. The van der Waals surface area contributed by atoms with Gasteiger partial charge in [-0.25, -0.2) is 4.68 Å². The molecule has 0 saturated carbocycles. The molecule has 3 rings (SSSR count). The normalized spacial score (nSPS) is 11.3. The second-order valence-corrected chi connectivity index (χ2v) is 6.01. The van der Waals surface area contributed by atoms with Crippen molar-refractivity contribution in [2.45, 2.75) is 12.6 Å². The van der Waals surface area contributed by atoms with Gasteiger partial charge < -0.3 is 10.1 Å². The molecule has 28 heavy (non-hydrogen) atoms. The molecule has 1 aromatic heterocycles. The van der Waals surface area contributed by atoms with Gasteiger partial charge in [-0.1, -0.05) is 30.3 Å². The van der Waals surface area contributed by atoms with Crippen molar-refractivity contribution < 1.29 is 22.7 Å². The minimum absolute atomic E-state index is 0.180. The molecule has 1 amide bonds. The Bertz CT molecular complexity index is 953. The van der Waals surface area contributed by atoms with Crippen LogP contribution in [0.15, 0.2) is 60.8 Å². The fourth-order valence-electron chi connectivity index (χ4n) is 2.80. The molecule has 5 nitrogen and oxygen atoms in total. The summed E-state index contributed by atoms with van der Waals surface area (Å²) in [7, 11) is 1.55. The zero-order chi connectivity index (χ0) is 20.1. The Morgan fingerprint density at radius 1 is 1.14 bits per heavy atom. The van der Waals surface area contributed by atoms with Crippen molar-refractivity contribution in [1.29, 1.82) is 0 Å². The minimum atomic E-state index is -4.73. The summed E-state index contributed by atoms with van der Waals surface area (Å²) in [6.07, 6.45) is -3.33. The van der Waals surface area contributed by atoms with Crippen molar-refractivity contribution in [3.05, 3.63) is 77.6 Å². The highest BCUT2D eigenvalue weighted by molar-refractivity contribution is 5.95. The fourth-order valence-corrected chi connectivity index (χ4v) is 2.80. The third-order valence-electron chi connectivity index (χ3n) is 4.12. The van der Waals surface area contributed by atoms with Gasteiger partial charge in [0.1, 0.15) is 5.75 Å². The van der Waals surface area contributed by atoms with E-state index in [2.05, 4.69) is 10.4 Å². The average Bonchev–Trinajstić information content (AvgIpc) is 3.15. The van der Waals surface area contributed by atoms with Crippen LogP contribution in [0.4, 0.5) is 13.2 Å². The summed E-state index contributed by atoms with van der Waals surface area (Å²) >= 11 is 0. The maximum absolute atomic E-state index is 13.6. The van der Waals surface area contributed by atoms with Crippen LogP contribution >= 0.6 is 0 Å². The maximum atomic E-state index is 13.6. The van der Waals surface area contributed by atoms with E-state index in [1.807, 2.05) is 12.1 Å². The van der Waals surface area contributed by atoms with E-state index in [4.69, 9.17) is 4.74 Å². The molecule has 1 N–H and O–H groups in total. The highest BCUT2D eigenvalue weighted by atomic mass is 19.4. The second kappa shape index (κ2) is 8.16. The maximum Gasteiger partial charge on any atom is 0.434 e. The van der Waals surface area contributed by atoms with Crippen LogP contribution in [0.2, 0.25) is 0 Å². The number of carbonyl (C=O) groups excluding carboxylic acids is 1. The van der Waals surface area contributed by atoms with E-state index >= 15 is 0 Å². The first-order valence-electron chi connectivity index (χ1n) is 8.52. The summed E-state index contributed by atoms with van der Waals surface area (Å²) in [5.74, 6) is -0.148. The molecule has 0 bridgehead atoms. The number of amides is 1. The Morgan fingerprint density at radius 3 is 2.57 bits per heavy atom. The lowest BCUT2D eigenvalue weighted by atomic mass is 10.1. The number of alkyl halides is 3. The number of para-hydroxylation sites is 1. The van der Waals surface area contributed by atoms with Gasteiger partial charge in [0.15, 0.2) is 5.69 Å². The number of hydrogen-bond donors (Lipinski definition) is 1. The molecule has 2 aromatic carbocycles. The molecule has 3 aromatic rings. The lowest BCUT2D eigenvalue weighted by Crippen LogP contribution is -2.28. The number of nitrogens with zero attached hydrogens (tertiary/aromatic N) is 2.